The zero-order valence-electron chi connectivity index (χ0n) is 13.2. The second-order valence-electron chi connectivity index (χ2n) is 6.18. The van der Waals surface area contributed by atoms with Crippen molar-refractivity contribution in [2.24, 2.45) is 5.92 Å². The van der Waals surface area contributed by atoms with E-state index in [0.717, 1.165) is 11.1 Å². The molecule has 0 aliphatic heterocycles. The summed E-state index contributed by atoms with van der Waals surface area (Å²) >= 11 is 0. The number of fused-ring (bicyclic) bond motifs is 1. The molecule has 1 N–H and O–H groups in total. The third-order valence-electron chi connectivity index (χ3n) is 3.75. The van der Waals surface area contributed by atoms with E-state index in [-0.39, 0.29) is 24.2 Å². The number of hydrogen-bond acceptors (Lipinski definition) is 3. The van der Waals surface area contributed by atoms with Crippen LogP contribution in [0.15, 0.2) is 12.1 Å². The first-order chi connectivity index (χ1) is 9.90. The summed E-state index contributed by atoms with van der Waals surface area (Å²) in [6.07, 6.45) is 0.524. The normalized spacial score (nSPS) is 17.0. The van der Waals surface area contributed by atoms with Gasteiger partial charge in [0, 0.05) is 13.0 Å². The van der Waals surface area contributed by atoms with Crippen molar-refractivity contribution in [2.45, 2.75) is 40.0 Å². The van der Waals surface area contributed by atoms with Crippen molar-refractivity contribution in [2.75, 3.05) is 13.2 Å². The Labute approximate surface area is 125 Å². The van der Waals surface area contributed by atoms with Crippen molar-refractivity contribution in [3.63, 3.8) is 0 Å². The van der Waals surface area contributed by atoms with Crippen LogP contribution in [0.25, 0.3) is 0 Å². The number of ether oxygens (including phenoxy) is 1. The van der Waals surface area contributed by atoms with E-state index in [2.05, 4.69) is 12.2 Å². The number of Topliss-reactive ketones (excluding diaryl/α,β-unsaturated/α-hetero) is 1. The fraction of sp³-hybridized carbons (Fsp3) is 0.529. The van der Waals surface area contributed by atoms with E-state index in [1.807, 2.05) is 26.8 Å². The van der Waals surface area contributed by atoms with Crippen LogP contribution in [0.2, 0.25) is 0 Å². The van der Waals surface area contributed by atoms with Gasteiger partial charge < -0.3 is 10.1 Å². The number of carbonyl (C=O) groups excluding carboxylic acids is 2. The SMILES string of the molecule is Cc1ccc(OCC(=O)NCC(C)C)c2c1[C@@H](C)CC2=O. The van der Waals surface area contributed by atoms with E-state index in [0.29, 0.717) is 30.2 Å². The largest absolute Gasteiger partial charge is 0.483 e. The van der Waals surface area contributed by atoms with Crippen molar-refractivity contribution >= 4 is 11.7 Å². The van der Waals surface area contributed by atoms with Gasteiger partial charge in [0.05, 0.1) is 5.56 Å². The minimum absolute atomic E-state index is 0.0517. The van der Waals surface area contributed by atoms with Gasteiger partial charge >= 0.3 is 0 Å². The van der Waals surface area contributed by atoms with E-state index in [1.54, 1.807) is 6.07 Å². The quantitative estimate of drug-likeness (QED) is 0.907. The molecule has 1 aromatic carbocycles. The Kier molecular flexibility index (Phi) is 4.66. The Bertz CT molecular complexity index is 563. The molecule has 1 atom stereocenters. The van der Waals surface area contributed by atoms with Crippen molar-refractivity contribution in [3.05, 3.63) is 28.8 Å². The summed E-state index contributed by atoms with van der Waals surface area (Å²) in [4.78, 5) is 23.8. The van der Waals surface area contributed by atoms with Crippen LogP contribution in [-0.4, -0.2) is 24.8 Å². The third kappa shape index (κ3) is 3.43. The molecule has 0 aromatic heterocycles. The Hall–Kier alpha value is -1.84. The van der Waals surface area contributed by atoms with Gasteiger partial charge in [-0.15, -0.1) is 0 Å². The van der Waals surface area contributed by atoms with Gasteiger partial charge in [-0.3, -0.25) is 9.59 Å². The lowest BCUT2D eigenvalue weighted by Gasteiger charge is -2.13. The van der Waals surface area contributed by atoms with Gasteiger partial charge in [0.2, 0.25) is 0 Å². The minimum atomic E-state index is -0.156. The maximum Gasteiger partial charge on any atom is 0.257 e. The summed E-state index contributed by atoms with van der Waals surface area (Å²) in [6, 6.07) is 3.75. The number of ketones is 1. The van der Waals surface area contributed by atoms with E-state index in [4.69, 9.17) is 4.74 Å². The molecule has 1 amide bonds. The number of aryl methyl sites for hydroxylation is 1. The first kappa shape index (κ1) is 15.5. The first-order valence-corrected chi connectivity index (χ1v) is 7.46. The minimum Gasteiger partial charge on any atom is -0.483 e. The Morgan fingerprint density at radius 3 is 2.81 bits per heavy atom. The van der Waals surface area contributed by atoms with Gasteiger partial charge in [-0.05, 0) is 36.0 Å². The predicted molar refractivity (Wildman–Crippen MR) is 81.9 cm³/mol. The number of rotatable bonds is 5. The van der Waals surface area contributed by atoms with Gasteiger partial charge in [-0.1, -0.05) is 26.8 Å². The number of carbonyl (C=O) groups is 2. The van der Waals surface area contributed by atoms with E-state index in [1.165, 1.54) is 0 Å². The number of amides is 1. The lowest BCUT2D eigenvalue weighted by molar-refractivity contribution is -0.123. The van der Waals surface area contributed by atoms with Crippen LogP contribution < -0.4 is 10.1 Å². The van der Waals surface area contributed by atoms with Crippen molar-refractivity contribution < 1.29 is 14.3 Å². The molecule has 21 heavy (non-hydrogen) atoms. The summed E-state index contributed by atoms with van der Waals surface area (Å²) in [7, 11) is 0. The molecule has 4 heteroatoms. The second-order valence-corrected chi connectivity index (χ2v) is 6.18. The maximum atomic E-state index is 12.1. The molecule has 0 saturated heterocycles. The van der Waals surface area contributed by atoms with Crippen LogP contribution in [0.5, 0.6) is 5.75 Å². The average molecular weight is 289 g/mol. The molecular weight excluding hydrogens is 266 g/mol. The molecule has 0 spiro atoms. The van der Waals surface area contributed by atoms with Crippen molar-refractivity contribution in [3.8, 4) is 5.75 Å². The molecule has 1 aromatic rings. The van der Waals surface area contributed by atoms with E-state index < -0.39 is 0 Å². The Morgan fingerprint density at radius 2 is 2.14 bits per heavy atom. The van der Waals surface area contributed by atoms with Gasteiger partial charge in [0.25, 0.3) is 5.91 Å². The highest BCUT2D eigenvalue weighted by Gasteiger charge is 2.31. The van der Waals surface area contributed by atoms with Crippen molar-refractivity contribution in [1.82, 2.24) is 5.32 Å². The Balaban J connectivity index is 2.09. The molecular formula is C17H23NO3. The van der Waals surface area contributed by atoms with Gasteiger partial charge in [0.15, 0.2) is 12.4 Å². The zero-order chi connectivity index (χ0) is 15.6. The molecule has 0 fully saturated rings. The van der Waals surface area contributed by atoms with Gasteiger partial charge in [0.1, 0.15) is 5.75 Å². The fourth-order valence-corrected chi connectivity index (χ4v) is 2.74. The molecule has 1 aliphatic rings. The third-order valence-corrected chi connectivity index (χ3v) is 3.75. The monoisotopic (exact) mass is 289 g/mol. The molecule has 1 aliphatic carbocycles. The van der Waals surface area contributed by atoms with E-state index in [9.17, 15) is 9.59 Å². The molecule has 0 radical (unpaired) electrons. The standard InChI is InChI=1S/C17H23NO3/c1-10(2)8-18-15(20)9-21-14-6-5-11(3)16-12(4)7-13(19)17(14)16/h5-6,10,12H,7-9H2,1-4H3,(H,18,20)/t12-/m0/s1. The lowest BCUT2D eigenvalue weighted by atomic mass is 9.97. The van der Waals surface area contributed by atoms with Crippen LogP contribution in [-0.2, 0) is 4.79 Å². The lowest BCUT2D eigenvalue weighted by Crippen LogP contribution is -2.31. The second kappa shape index (κ2) is 6.29. The van der Waals surface area contributed by atoms with Crippen molar-refractivity contribution in [1.29, 1.82) is 0 Å². The number of nitrogens with one attached hydrogen (secondary N) is 1. The Morgan fingerprint density at radius 1 is 1.43 bits per heavy atom. The predicted octanol–water partition coefficient (Wildman–Crippen LogP) is 2.84. The zero-order valence-corrected chi connectivity index (χ0v) is 13.2. The smallest absolute Gasteiger partial charge is 0.257 e. The highest BCUT2D eigenvalue weighted by Crippen LogP contribution is 2.40. The maximum absolute atomic E-state index is 12.1. The molecule has 114 valence electrons. The van der Waals surface area contributed by atoms with Crippen LogP contribution in [0, 0.1) is 12.8 Å². The summed E-state index contributed by atoms with van der Waals surface area (Å²) in [5.41, 5.74) is 2.85. The molecule has 0 heterocycles. The number of benzene rings is 1. The topological polar surface area (TPSA) is 55.4 Å². The van der Waals surface area contributed by atoms with E-state index >= 15 is 0 Å². The van der Waals surface area contributed by atoms with Crippen LogP contribution >= 0.6 is 0 Å². The molecule has 0 saturated carbocycles. The fourth-order valence-electron chi connectivity index (χ4n) is 2.74. The van der Waals surface area contributed by atoms with Crippen LogP contribution in [0.3, 0.4) is 0 Å². The van der Waals surface area contributed by atoms with Gasteiger partial charge in [-0.2, -0.15) is 0 Å². The highest BCUT2D eigenvalue weighted by atomic mass is 16.5. The molecule has 2 rings (SSSR count). The summed E-state index contributed by atoms with van der Waals surface area (Å²) in [5.74, 6) is 1.12. The number of hydrogen-bond donors (Lipinski definition) is 1. The average Bonchev–Trinajstić information content (AvgIpc) is 2.72. The van der Waals surface area contributed by atoms with Gasteiger partial charge in [-0.25, -0.2) is 0 Å². The summed E-state index contributed by atoms with van der Waals surface area (Å²) in [6.45, 7) is 8.71. The summed E-state index contributed by atoms with van der Waals surface area (Å²) in [5, 5.41) is 2.80. The molecule has 0 unspecified atom stereocenters. The van der Waals surface area contributed by atoms with Crippen LogP contribution in [0.1, 0.15) is 54.6 Å². The first-order valence-electron chi connectivity index (χ1n) is 7.46. The molecule has 4 nitrogen and oxygen atoms in total. The molecule has 0 bridgehead atoms. The van der Waals surface area contributed by atoms with Crippen LogP contribution in [0.4, 0.5) is 0 Å². The summed E-state index contributed by atoms with van der Waals surface area (Å²) < 4.78 is 5.58. The highest BCUT2D eigenvalue weighted by molar-refractivity contribution is 6.04.